The molecule has 2 aromatic carbocycles. The molecule has 0 radical (unpaired) electrons. The zero-order chi connectivity index (χ0) is 29.0. The highest BCUT2D eigenvalue weighted by Crippen LogP contribution is 2.36. The molecule has 212 valence electrons. The van der Waals surface area contributed by atoms with Crippen molar-refractivity contribution in [2.75, 3.05) is 6.61 Å². The van der Waals surface area contributed by atoms with Crippen molar-refractivity contribution in [3.05, 3.63) is 83.1 Å². The molecule has 1 N–H and O–H groups in total. The molecule has 11 heteroatoms. The molecule has 1 atom stereocenters. The van der Waals surface area contributed by atoms with Crippen molar-refractivity contribution in [2.45, 2.75) is 52.0 Å². The van der Waals surface area contributed by atoms with Gasteiger partial charge < -0.3 is 18.4 Å². The Bertz CT molecular complexity index is 1520. The van der Waals surface area contributed by atoms with E-state index in [9.17, 15) is 13.7 Å². The van der Waals surface area contributed by atoms with Crippen molar-refractivity contribution < 1.29 is 36.4 Å². The monoisotopic (exact) mass is 574 g/mol. The summed E-state index contributed by atoms with van der Waals surface area (Å²) in [6.45, 7) is 6.81. The lowest BCUT2D eigenvalue weighted by Gasteiger charge is -2.23. The Hall–Kier alpha value is -3.54. The van der Waals surface area contributed by atoms with E-state index in [1.54, 1.807) is 27.7 Å². The number of esters is 1. The predicted molar refractivity (Wildman–Crippen MR) is 145 cm³/mol. The van der Waals surface area contributed by atoms with Crippen LogP contribution in [0.1, 0.15) is 44.5 Å². The van der Waals surface area contributed by atoms with E-state index in [1.165, 1.54) is 42.8 Å². The van der Waals surface area contributed by atoms with E-state index in [0.29, 0.717) is 0 Å². The van der Waals surface area contributed by atoms with Crippen LogP contribution in [0.25, 0.3) is 22.1 Å². The molecule has 4 aromatic rings. The maximum atomic E-state index is 15.7. The van der Waals surface area contributed by atoms with Crippen LogP contribution in [-0.4, -0.2) is 26.9 Å². The molecule has 2 heterocycles. The van der Waals surface area contributed by atoms with Crippen molar-refractivity contribution in [2.24, 2.45) is 0 Å². The van der Waals surface area contributed by atoms with Gasteiger partial charge in [0, 0.05) is 39.8 Å². The van der Waals surface area contributed by atoms with E-state index in [-0.39, 0.29) is 70.8 Å². The number of fused-ring (bicyclic) bond motifs is 1. The van der Waals surface area contributed by atoms with E-state index in [2.05, 4.69) is 9.71 Å². The number of rotatable bonds is 10. The van der Waals surface area contributed by atoms with Crippen LogP contribution in [0.3, 0.4) is 0 Å². The first-order valence-electron chi connectivity index (χ1n) is 12.5. The predicted octanol–water partition coefficient (Wildman–Crippen LogP) is 6.15. The number of ether oxygens (including phenoxy) is 2. The van der Waals surface area contributed by atoms with Crippen molar-refractivity contribution >= 4 is 28.3 Å². The lowest BCUT2D eigenvalue weighted by molar-refractivity contribution is -0.142. The smallest absolute Gasteiger partial charge is 0.310 e. The third-order valence-corrected chi connectivity index (χ3v) is 7.49. The molecule has 0 unspecified atom stereocenters. The molecule has 0 saturated carbocycles. The van der Waals surface area contributed by atoms with Crippen LogP contribution >= 0.6 is 0 Å². The number of furan rings is 1. The van der Waals surface area contributed by atoms with Crippen LogP contribution in [0.5, 0.6) is 5.75 Å². The quantitative estimate of drug-likeness (QED) is 0.179. The molecular formula is C29H29F3N2O5S. The number of pyridine rings is 1. The number of aromatic nitrogens is 1. The summed E-state index contributed by atoms with van der Waals surface area (Å²) in [5.74, 6) is -2.25. The van der Waals surface area contributed by atoms with E-state index < -0.39 is 39.5 Å². The Labute approximate surface area is 233 Å². The molecule has 0 fully saturated rings. The standard InChI is InChI=1S/C29H29F3N2O5S/c1-5-37-25(35)14-17-12-19(30)6-7-24(17)39-16-18-13-22(28-21(26(18)31)9-11-38-28)20-8-10-33-23(27(20)32)15-34-40(36)29(2,3)4/h6-13,34H,5,14-16H2,1-4H3/t40-/m1/s1. The number of carbonyl (C=O) groups is 1. The Morgan fingerprint density at radius 1 is 1.07 bits per heavy atom. The van der Waals surface area contributed by atoms with Gasteiger partial charge in [0.05, 0.1) is 36.9 Å². The number of nitrogens with one attached hydrogen (secondary N) is 1. The first kappa shape index (κ1) is 29.4. The second-order valence-corrected chi connectivity index (χ2v) is 12.0. The molecule has 0 aliphatic heterocycles. The number of nitrogens with zero attached hydrogens (tertiary/aromatic N) is 1. The molecule has 4 rings (SSSR count). The molecule has 0 amide bonds. The average Bonchev–Trinajstić information content (AvgIpc) is 3.39. The van der Waals surface area contributed by atoms with Crippen LogP contribution in [-0.2, 0) is 40.5 Å². The van der Waals surface area contributed by atoms with E-state index in [1.807, 2.05) is 0 Å². The SMILES string of the molecule is CCOC(=O)Cc1cc(F)ccc1OCc1cc(-c2ccnc(CN[S@+]([O-])C(C)(C)C)c2F)c2occc2c1F. The van der Waals surface area contributed by atoms with Gasteiger partial charge in [0.15, 0.2) is 5.82 Å². The van der Waals surface area contributed by atoms with Crippen LogP contribution in [0.2, 0.25) is 0 Å². The van der Waals surface area contributed by atoms with E-state index in [4.69, 9.17) is 13.9 Å². The van der Waals surface area contributed by atoms with Gasteiger partial charge in [-0.25, -0.2) is 13.2 Å². The summed E-state index contributed by atoms with van der Waals surface area (Å²) in [7, 11) is 0. The zero-order valence-electron chi connectivity index (χ0n) is 22.5. The fourth-order valence-corrected chi connectivity index (χ4v) is 4.69. The van der Waals surface area contributed by atoms with Gasteiger partial charge in [-0.3, -0.25) is 9.78 Å². The summed E-state index contributed by atoms with van der Waals surface area (Å²) in [6.07, 6.45) is 2.48. The van der Waals surface area contributed by atoms with Gasteiger partial charge in [0.1, 0.15) is 34.3 Å². The molecule has 40 heavy (non-hydrogen) atoms. The lowest BCUT2D eigenvalue weighted by atomic mass is 9.99. The van der Waals surface area contributed by atoms with Crippen molar-refractivity contribution in [3.8, 4) is 16.9 Å². The summed E-state index contributed by atoms with van der Waals surface area (Å²) in [5.41, 5.74) is 0.872. The van der Waals surface area contributed by atoms with E-state index in [0.717, 1.165) is 6.07 Å². The first-order chi connectivity index (χ1) is 19.0. The summed E-state index contributed by atoms with van der Waals surface area (Å²) >= 11 is -1.44. The topological polar surface area (TPSA) is 96.7 Å². The van der Waals surface area contributed by atoms with Gasteiger partial charge in [-0.2, -0.15) is 0 Å². The minimum absolute atomic E-state index is 0.0341. The average molecular weight is 575 g/mol. The van der Waals surface area contributed by atoms with Crippen LogP contribution < -0.4 is 9.46 Å². The number of carbonyl (C=O) groups excluding carboxylic acids is 1. The molecule has 0 aliphatic rings. The molecule has 7 nitrogen and oxygen atoms in total. The minimum Gasteiger partial charge on any atom is -0.598 e. The maximum absolute atomic E-state index is 15.7. The zero-order valence-corrected chi connectivity index (χ0v) is 23.3. The molecule has 0 bridgehead atoms. The summed E-state index contributed by atoms with van der Waals surface area (Å²) in [6, 6.07) is 7.95. The Morgan fingerprint density at radius 2 is 1.85 bits per heavy atom. The van der Waals surface area contributed by atoms with Gasteiger partial charge in [-0.1, -0.05) is 0 Å². The fraction of sp³-hybridized carbons (Fsp3) is 0.310. The number of halogens is 3. The van der Waals surface area contributed by atoms with Crippen molar-refractivity contribution in [1.29, 1.82) is 0 Å². The molecule has 2 aromatic heterocycles. The van der Waals surface area contributed by atoms with Crippen LogP contribution in [0, 0.1) is 17.5 Å². The first-order valence-corrected chi connectivity index (χ1v) is 13.7. The fourth-order valence-electron chi connectivity index (χ4n) is 3.99. The van der Waals surface area contributed by atoms with Crippen LogP contribution in [0.4, 0.5) is 13.2 Å². The largest absolute Gasteiger partial charge is 0.598 e. The van der Waals surface area contributed by atoms with Gasteiger partial charge in [0.2, 0.25) is 0 Å². The molecule has 0 aliphatic carbocycles. The normalized spacial score (nSPS) is 12.5. The highest BCUT2D eigenvalue weighted by molar-refractivity contribution is 7.90. The second kappa shape index (κ2) is 12.3. The second-order valence-electron chi connectivity index (χ2n) is 9.90. The molecule has 0 spiro atoms. The lowest BCUT2D eigenvalue weighted by Crippen LogP contribution is -2.39. The Morgan fingerprint density at radius 3 is 2.58 bits per heavy atom. The Balaban J connectivity index is 1.66. The van der Waals surface area contributed by atoms with Gasteiger partial charge in [-0.15, -0.1) is 4.72 Å². The number of benzene rings is 2. The van der Waals surface area contributed by atoms with Gasteiger partial charge >= 0.3 is 5.97 Å². The third-order valence-electron chi connectivity index (χ3n) is 5.97. The molecular weight excluding hydrogens is 545 g/mol. The summed E-state index contributed by atoms with van der Waals surface area (Å²) in [4.78, 5) is 16.1. The highest BCUT2D eigenvalue weighted by atomic mass is 32.2. The van der Waals surface area contributed by atoms with Crippen molar-refractivity contribution in [1.82, 2.24) is 9.71 Å². The summed E-state index contributed by atoms with van der Waals surface area (Å²) in [5, 5.41) is 0.117. The summed E-state index contributed by atoms with van der Waals surface area (Å²) < 4.78 is 75.9. The minimum atomic E-state index is -1.44. The maximum Gasteiger partial charge on any atom is 0.310 e. The van der Waals surface area contributed by atoms with E-state index >= 15 is 8.78 Å². The Kier molecular flexibility index (Phi) is 9.07. The van der Waals surface area contributed by atoms with Gasteiger partial charge in [-0.05, 0) is 64.1 Å². The highest BCUT2D eigenvalue weighted by Gasteiger charge is 2.27. The van der Waals surface area contributed by atoms with Gasteiger partial charge in [0.25, 0.3) is 0 Å². The van der Waals surface area contributed by atoms with Crippen LogP contribution in [0.15, 0.2) is 53.3 Å². The number of hydrogen-bond acceptors (Lipinski definition) is 7. The molecule has 0 saturated heterocycles. The third kappa shape index (κ3) is 6.60. The van der Waals surface area contributed by atoms with Crippen molar-refractivity contribution in [3.63, 3.8) is 0 Å². The number of hydrogen-bond donors (Lipinski definition) is 1.